The lowest BCUT2D eigenvalue weighted by molar-refractivity contribution is -0.125. The van der Waals surface area contributed by atoms with Gasteiger partial charge in [-0.1, -0.05) is 13.3 Å². The van der Waals surface area contributed by atoms with Crippen LogP contribution < -0.4 is 10.6 Å². The molecule has 3 nitrogen and oxygen atoms in total. The minimum absolute atomic E-state index is 0.00523. The van der Waals surface area contributed by atoms with Crippen molar-refractivity contribution in [3.63, 3.8) is 0 Å². The molecule has 20 heavy (non-hydrogen) atoms. The van der Waals surface area contributed by atoms with E-state index in [1.54, 1.807) is 0 Å². The highest BCUT2D eigenvalue weighted by molar-refractivity contribution is 9.10. The molecule has 1 aliphatic rings. The fourth-order valence-corrected chi connectivity index (χ4v) is 2.96. The Morgan fingerprint density at radius 2 is 2.20 bits per heavy atom. The van der Waals surface area contributed by atoms with Crippen molar-refractivity contribution in [1.82, 2.24) is 5.32 Å². The van der Waals surface area contributed by atoms with Gasteiger partial charge in [-0.3, -0.25) is 4.79 Å². The zero-order chi connectivity index (χ0) is 14.8. The van der Waals surface area contributed by atoms with E-state index >= 15 is 0 Å². The molecule has 0 radical (unpaired) electrons. The van der Waals surface area contributed by atoms with Gasteiger partial charge < -0.3 is 10.6 Å². The minimum atomic E-state index is -0.767. The average molecular weight is 347 g/mol. The lowest BCUT2D eigenvalue weighted by atomic mass is 9.81. The Morgan fingerprint density at radius 3 is 2.80 bits per heavy atom. The van der Waals surface area contributed by atoms with Crippen LogP contribution in [0.15, 0.2) is 16.6 Å². The maximum Gasteiger partial charge on any atom is 0.232 e. The summed E-state index contributed by atoms with van der Waals surface area (Å²) in [5.41, 5.74) is -0.493. The van der Waals surface area contributed by atoms with Gasteiger partial charge in [0.15, 0.2) is 0 Å². The third-order valence-corrected chi connectivity index (χ3v) is 4.32. The number of halogens is 3. The quantitative estimate of drug-likeness (QED) is 0.820. The topological polar surface area (TPSA) is 41.1 Å². The molecule has 0 aromatic heterocycles. The summed E-state index contributed by atoms with van der Waals surface area (Å²) in [5.74, 6) is -1.66. The zero-order valence-corrected chi connectivity index (χ0v) is 12.8. The molecule has 1 atom stereocenters. The summed E-state index contributed by atoms with van der Waals surface area (Å²) in [7, 11) is 0. The van der Waals surface area contributed by atoms with Crippen molar-refractivity contribution in [2.75, 3.05) is 18.4 Å². The van der Waals surface area contributed by atoms with E-state index in [0.717, 1.165) is 31.9 Å². The molecule has 2 rings (SSSR count). The lowest BCUT2D eigenvalue weighted by Gasteiger charge is -2.26. The Bertz CT molecular complexity index is 516. The van der Waals surface area contributed by atoms with Gasteiger partial charge in [-0.05, 0) is 41.4 Å². The predicted molar refractivity (Wildman–Crippen MR) is 77.5 cm³/mol. The Kier molecular flexibility index (Phi) is 4.75. The first kappa shape index (κ1) is 15.4. The van der Waals surface area contributed by atoms with Crippen LogP contribution in [0.1, 0.15) is 26.2 Å². The highest BCUT2D eigenvalue weighted by Crippen LogP contribution is 2.33. The Morgan fingerprint density at radius 1 is 1.45 bits per heavy atom. The summed E-state index contributed by atoms with van der Waals surface area (Å²) in [6.07, 6.45) is 2.36. The largest absolute Gasteiger partial charge is 0.323 e. The van der Waals surface area contributed by atoms with Gasteiger partial charge in [0.05, 0.1) is 15.6 Å². The van der Waals surface area contributed by atoms with Gasteiger partial charge in [0, 0.05) is 12.6 Å². The van der Waals surface area contributed by atoms with Gasteiger partial charge in [-0.15, -0.1) is 0 Å². The van der Waals surface area contributed by atoms with E-state index in [-0.39, 0.29) is 16.1 Å². The molecule has 1 unspecified atom stereocenters. The van der Waals surface area contributed by atoms with Gasteiger partial charge in [0.1, 0.15) is 11.6 Å². The molecule has 1 saturated heterocycles. The maximum absolute atomic E-state index is 13.7. The standard InChI is InChI=1S/C14H17BrF2N2O/c1-2-3-14(4-5-18-8-14)13(20)19-12-6-9(15)10(16)7-11(12)17/h6-7,18H,2-5,8H2,1H3,(H,19,20). The molecule has 1 aromatic rings. The Hall–Kier alpha value is -1.01. The number of benzene rings is 1. The van der Waals surface area contributed by atoms with Crippen molar-refractivity contribution >= 4 is 27.5 Å². The Labute approximate surface area is 125 Å². The number of hydrogen-bond acceptors (Lipinski definition) is 2. The van der Waals surface area contributed by atoms with E-state index in [2.05, 4.69) is 26.6 Å². The van der Waals surface area contributed by atoms with Crippen LogP contribution in [0.25, 0.3) is 0 Å². The summed E-state index contributed by atoms with van der Waals surface area (Å²) in [5, 5.41) is 5.77. The molecule has 0 aliphatic carbocycles. The summed E-state index contributed by atoms with van der Waals surface area (Å²) < 4.78 is 27.0. The fraction of sp³-hybridized carbons (Fsp3) is 0.500. The summed E-state index contributed by atoms with van der Waals surface area (Å²) in [6, 6.07) is 2.02. The van der Waals surface area contributed by atoms with Crippen LogP contribution in [0.5, 0.6) is 0 Å². The average Bonchev–Trinajstić information content (AvgIpc) is 2.86. The zero-order valence-electron chi connectivity index (χ0n) is 11.2. The summed E-state index contributed by atoms with van der Waals surface area (Å²) in [4.78, 5) is 12.4. The molecule has 6 heteroatoms. The molecule has 0 spiro atoms. The SMILES string of the molecule is CCCC1(C(=O)Nc2cc(Br)c(F)cc2F)CCNC1. The third-order valence-electron chi connectivity index (χ3n) is 3.71. The molecule has 0 saturated carbocycles. The normalized spacial score (nSPS) is 22.0. The smallest absolute Gasteiger partial charge is 0.232 e. The van der Waals surface area contributed by atoms with Crippen molar-refractivity contribution in [1.29, 1.82) is 0 Å². The predicted octanol–water partition coefficient (Wildman–Crippen LogP) is 3.45. The molecule has 1 fully saturated rings. The van der Waals surface area contributed by atoms with E-state index in [1.165, 1.54) is 6.07 Å². The molecule has 0 bridgehead atoms. The van der Waals surface area contributed by atoms with Gasteiger partial charge in [-0.25, -0.2) is 8.78 Å². The number of rotatable bonds is 4. The molecule has 2 N–H and O–H groups in total. The van der Waals surface area contributed by atoms with Crippen LogP contribution in [0.4, 0.5) is 14.5 Å². The first-order valence-corrected chi connectivity index (χ1v) is 7.44. The number of carbonyl (C=O) groups is 1. The van der Waals surface area contributed by atoms with Crippen LogP contribution >= 0.6 is 15.9 Å². The van der Waals surface area contributed by atoms with Gasteiger partial charge >= 0.3 is 0 Å². The number of amides is 1. The molecule has 1 amide bonds. The Balaban J connectivity index is 2.20. The van der Waals surface area contributed by atoms with E-state index in [4.69, 9.17) is 0 Å². The second-order valence-corrected chi connectivity index (χ2v) is 6.01. The van der Waals surface area contributed by atoms with Crippen molar-refractivity contribution in [3.05, 3.63) is 28.2 Å². The highest BCUT2D eigenvalue weighted by atomic mass is 79.9. The molecule has 1 aromatic carbocycles. The van der Waals surface area contributed by atoms with Crippen LogP contribution in [0.3, 0.4) is 0 Å². The number of hydrogen-bond donors (Lipinski definition) is 2. The molecular formula is C14H17BrF2N2O. The van der Waals surface area contributed by atoms with Gasteiger partial charge in [0.2, 0.25) is 5.91 Å². The molecular weight excluding hydrogens is 330 g/mol. The van der Waals surface area contributed by atoms with Crippen molar-refractivity contribution < 1.29 is 13.6 Å². The summed E-state index contributed by atoms with van der Waals surface area (Å²) in [6.45, 7) is 3.39. The number of carbonyl (C=O) groups excluding carboxylic acids is 1. The second kappa shape index (κ2) is 6.18. The van der Waals surface area contributed by atoms with E-state index < -0.39 is 17.0 Å². The monoisotopic (exact) mass is 346 g/mol. The van der Waals surface area contributed by atoms with Gasteiger partial charge in [0.25, 0.3) is 0 Å². The molecule has 1 heterocycles. The van der Waals surface area contributed by atoms with Crippen LogP contribution in [0.2, 0.25) is 0 Å². The van der Waals surface area contributed by atoms with Crippen molar-refractivity contribution in [2.45, 2.75) is 26.2 Å². The lowest BCUT2D eigenvalue weighted by Crippen LogP contribution is -2.38. The van der Waals surface area contributed by atoms with Crippen LogP contribution in [-0.4, -0.2) is 19.0 Å². The van der Waals surface area contributed by atoms with E-state index in [1.807, 2.05) is 6.92 Å². The second-order valence-electron chi connectivity index (χ2n) is 5.16. The first-order valence-electron chi connectivity index (χ1n) is 6.65. The minimum Gasteiger partial charge on any atom is -0.323 e. The molecule has 1 aliphatic heterocycles. The van der Waals surface area contributed by atoms with E-state index in [9.17, 15) is 13.6 Å². The van der Waals surface area contributed by atoms with E-state index in [0.29, 0.717) is 6.54 Å². The highest BCUT2D eigenvalue weighted by Gasteiger charge is 2.40. The maximum atomic E-state index is 13.7. The number of nitrogens with one attached hydrogen (secondary N) is 2. The fourth-order valence-electron chi connectivity index (χ4n) is 2.62. The third kappa shape index (κ3) is 3.01. The van der Waals surface area contributed by atoms with Gasteiger partial charge in [-0.2, -0.15) is 0 Å². The summed E-state index contributed by atoms with van der Waals surface area (Å²) >= 11 is 2.99. The molecule has 110 valence electrons. The number of anilines is 1. The van der Waals surface area contributed by atoms with Crippen molar-refractivity contribution in [2.24, 2.45) is 5.41 Å². The van der Waals surface area contributed by atoms with Crippen LogP contribution in [-0.2, 0) is 4.79 Å². The van der Waals surface area contributed by atoms with Crippen molar-refractivity contribution in [3.8, 4) is 0 Å². The first-order chi connectivity index (χ1) is 9.48. The van der Waals surface area contributed by atoms with Crippen LogP contribution in [0, 0.1) is 17.0 Å².